The van der Waals surface area contributed by atoms with Crippen LogP contribution >= 0.6 is 23.4 Å². The molecule has 6 nitrogen and oxygen atoms in total. The van der Waals surface area contributed by atoms with Gasteiger partial charge in [0, 0.05) is 22.6 Å². The highest BCUT2D eigenvalue weighted by atomic mass is 35.5. The van der Waals surface area contributed by atoms with E-state index in [4.69, 9.17) is 21.1 Å². The summed E-state index contributed by atoms with van der Waals surface area (Å²) in [5, 5.41) is 6.22. The Hall–Kier alpha value is -2.38. The van der Waals surface area contributed by atoms with Crippen LogP contribution in [0.25, 0.3) is 0 Å². The van der Waals surface area contributed by atoms with Crippen LogP contribution in [-0.2, 0) is 9.59 Å². The lowest BCUT2D eigenvalue weighted by Crippen LogP contribution is -2.24. The zero-order chi connectivity index (χ0) is 22.2. The minimum Gasteiger partial charge on any atom is -0.495 e. The molecule has 1 saturated carbocycles. The quantitative estimate of drug-likeness (QED) is 0.499. The van der Waals surface area contributed by atoms with Crippen molar-refractivity contribution in [3.8, 4) is 11.5 Å². The Labute approximate surface area is 192 Å². The van der Waals surface area contributed by atoms with Crippen molar-refractivity contribution in [3.05, 3.63) is 41.4 Å². The van der Waals surface area contributed by atoms with Crippen molar-refractivity contribution in [2.24, 2.45) is 5.92 Å². The topological polar surface area (TPSA) is 76.7 Å². The molecule has 0 heterocycles. The molecule has 0 aromatic heterocycles. The fraction of sp³-hybridized carbons (Fsp3) is 0.391. The van der Waals surface area contributed by atoms with E-state index >= 15 is 0 Å². The van der Waals surface area contributed by atoms with E-state index in [1.165, 1.54) is 32.4 Å². The molecule has 2 N–H and O–H groups in total. The fourth-order valence-corrected chi connectivity index (χ4v) is 4.56. The minimum absolute atomic E-state index is 0.0862. The first-order valence-corrected chi connectivity index (χ1v) is 11.6. The molecule has 0 atom stereocenters. The van der Waals surface area contributed by atoms with Gasteiger partial charge in [0.2, 0.25) is 11.8 Å². The molecule has 31 heavy (non-hydrogen) atoms. The Morgan fingerprint density at radius 1 is 1.03 bits per heavy atom. The summed E-state index contributed by atoms with van der Waals surface area (Å²) in [6.45, 7) is 0. The number of methoxy groups -OCH3 is 2. The monoisotopic (exact) mass is 462 g/mol. The van der Waals surface area contributed by atoms with Gasteiger partial charge < -0.3 is 20.1 Å². The normalized spacial score (nSPS) is 14.0. The maximum Gasteiger partial charge on any atom is 0.234 e. The third-order valence-corrected chi connectivity index (χ3v) is 6.48. The van der Waals surface area contributed by atoms with E-state index in [1.54, 1.807) is 12.1 Å². The van der Waals surface area contributed by atoms with Crippen molar-refractivity contribution >= 4 is 46.6 Å². The molecule has 0 bridgehead atoms. The Bertz CT molecular complexity index is 932. The van der Waals surface area contributed by atoms with Crippen LogP contribution in [0.1, 0.15) is 32.1 Å². The van der Waals surface area contributed by atoms with Crippen LogP contribution in [-0.4, -0.2) is 31.8 Å². The van der Waals surface area contributed by atoms with Crippen LogP contribution in [0.2, 0.25) is 5.02 Å². The van der Waals surface area contributed by atoms with Crippen molar-refractivity contribution in [1.82, 2.24) is 0 Å². The first-order chi connectivity index (χ1) is 15.0. The smallest absolute Gasteiger partial charge is 0.234 e. The number of anilines is 2. The first kappa shape index (κ1) is 23.3. The number of carbonyl (C=O) groups is 2. The lowest BCUT2D eigenvalue weighted by Gasteiger charge is -2.20. The number of carbonyl (C=O) groups excluding carboxylic acids is 2. The lowest BCUT2D eigenvalue weighted by molar-refractivity contribution is -0.120. The number of halogens is 1. The fourth-order valence-electron chi connectivity index (χ4n) is 3.57. The molecule has 0 aliphatic heterocycles. The van der Waals surface area contributed by atoms with Gasteiger partial charge in [-0.05, 0) is 37.1 Å². The summed E-state index contributed by atoms with van der Waals surface area (Å²) >= 11 is 7.55. The molecular formula is C23H27ClN2O4S. The van der Waals surface area contributed by atoms with Crippen molar-refractivity contribution in [3.63, 3.8) is 0 Å². The molecule has 166 valence electrons. The Balaban J connectivity index is 1.56. The van der Waals surface area contributed by atoms with E-state index in [9.17, 15) is 9.59 Å². The molecular weight excluding hydrogens is 436 g/mol. The number of hydrogen-bond acceptors (Lipinski definition) is 5. The third-order valence-electron chi connectivity index (χ3n) is 5.20. The van der Waals surface area contributed by atoms with Crippen LogP contribution in [0.15, 0.2) is 41.3 Å². The van der Waals surface area contributed by atoms with Crippen LogP contribution in [0.3, 0.4) is 0 Å². The summed E-state index contributed by atoms with van der Waals surface area (Å²) in [4.78, 5) is 25.8. The van der Waals surface area contributed by atoms with Gasteiger partial charge >= 0.3 is 0 Å². The average Bonchev–Trinajstić information content (AvgIpc) is 2.79. The van der Waals surface area contributed by atoms with E-state index in [0.717, 1.165) is 36.3 Å². The van der Waals surface area contributed by atoms with Crippen molar-refractivity contribution in [1.29, 1.82) is 0 Å². The number of amides is 2. The zero-order valence-corrected chi connectivity index (χ0v) is 19.3. The second-order valence-corrected chi connectivity index (χ2v) is 8.83. The van der Waals surface area contributed by atoms with Crippen LogP contribution in [0.5, 0.6) is 11.5 Å². The Morgan fingerprint density at radius 2 is 1.77 bits per heavy atom. The summed E-state index contributed by atoms with van der Waals surface area (Å²) < 4.78 is 10.5. The highest BCUT2D eigenvalue weighted by Crippen LogP contribution is 2.36. The maximum absolute atomic E-state index is 12.5. The van der Waals surface area contributed by atoms with Crippen LogP contribution in [0, 0.1) is 5.92 Å². The standard InChI is InChI=1S/C23H27ClN2O4S/c1-29-20-13-21(30-2)19(12-18(20)24)26-22(27)14-31-17-10-6-9-16(11-17)25-23(28)15-7-4-3-5-8-15/h6,9-13,15H,3-5,7-8,14H2,1-2H3,(H,25,28)(H,26,27). The van der Waals surface area contributed by atoms with Crippen molar-refractivity contribution < 1.29 is 19.1 Å². The zero-order valence-electron chi connectivity index (χ0n) is 17.7. The van der Waals surface area contributed by atoms with E-state index in [-0.39, 0.29) is 23.5 Å². The molecule has 2 aromatic rings. The van der Waals surface area contributed by atoms with Gasteiger partial charge in [-0.25, -0.2) is 0 Å². The molecule has 8 heteroatoms. The highest BCUT2D eigenvalue weighted by molar-refractivity contribution is 8.00. The number of rotatable bonds is 8. The van der Waals surface area contributed by atoms with Gasteiger partial charge in [0.15, 0.2) is 0 Å². The molecule has 1 fully saturated rings. The average molecular weight is 463 g/mol. The van der Waals surface area contributed by atoms with Gasteiger partial charge in [0.1, 0.15) is 11.5 Å². The van der Waals surface area contributed by atoms with Crippen molar-refractivity contribution in [2.75, 3.05) is 30.6 Å². The largest absolute Gasteiger partial charge is 0.495 e. The van der Waals surface area contributed by atoms with Gasteiger partial charge in [-0.15, -0.1) is 11.8 Å². The van der Waals surface area contributed by atoms with Crippen LogP contribution < -0.4 is 20.1 Å². The number of nitrogens with one attached hydrogen (secondary N) is 2. The molecule has 2 aromatic carbocycles. The number of thioether (sulfide) groups is 1. The van der Waals surface area contributed by atoms with Gasteiger partial charge in [0.05, 0.1) is 30.7 Å². The van der Waals surface area contributed by atoms with E-state index < -0.39 is 0 Å². The first-order valence-electron chi connectivity index (χ1n) is 10.2. The van der Waals surface area contributed by atoms with Gasteiger partial charge in [-0.3, -0.25) is 9.59 Å². The summed E-state index contributed by atoms with van der Waals surface area (Å²) in [5.41, 5.74) is 1.23. The number of ether oxygens (including phenoxy) is 2. The molecule has 2 amide bonds. The van der Waals surface area contributed by atoms with Crippen molar-refractivity contribution in [2.45, 2.75) is 37.0 Å². The summed E-state index contributed by atoms with van der Waals surface area (Å²) in [6.07, 6.45) is 5.37. The third kappa shape index (κ3) is 6.55. The Kier molecular flexibility index (Phi) is 8.49. The summed E-state index contributed by atoms with van der Waals surface area (Å²) in [6, 6.07) is 10.8. The molecule has 1 aliphatic carbocycles. The maximum atomic E-state index is 12.5. The predicted octanol–water partition coefficient (Wildman–Crippen LogP) is 5.61. The minimum atomic E-state index is -0.193. The molecule has 0 saturated heterocycles. The van der Waals surface area contributed by atoms with E-state index in [0.29, 0.717) is 22.2 Å². The van der Waals surface area contributed by atoms with E-state index in [2.05, 4.69) is 10.6 Å². The van der Waals surface area contributed by atoms with E-state index in [1.807, 2.05) is 24.3 Å². The Morgan fingerprint density at radius 3 is 2.48 bits per heavy atom. The highest BCUT2D eigenvalue weighted by Gasteiger charge is 2.21. The molecule has 0 spiro atoms. The van der Waals surface area contributed by atoms with Crippen LogP contribution in [0.4, 0.5) is 11.4 Å². The van der Waals surface area contributed by atoms with Gasteiger partial charge in [0.25, 0.3) is 0 Å². The molecule has 1 aliphatic rings. The second-order valence-electron chi connectivity index (χ2n) is 7.38. The number of hydrogen-bond donors (Lipinski definition) is 2. The van der Waals surface area contributed by atoms with Gasteiger partial charge in [-0.1, -0.05) is 36.9 Å². The summed E-state index contributed by atoms with van der Waals surface area (Å²) in [7, 11) is 3.03. The predicted molar refractivity (Wildman–Crippen MR) is 126 cm³/mol. The van der Waals surface area contributed by atoms with Gasteiger partial charge in [-0.2, -0.15) is 0 Å². The molecule has 0 unspecified atom stereocenters. The summed E-state index contributed by atoms with van der Waals surface area (Å²) in [5.74, 6) is 1.13. The SMILES string of the molecule is COc1cc(OC)c(NC(=O)CSc2cccc(NC(=O)C3CCCCC3)c2)cc1Cl. The lowest BCUT2D eigenvalue weighted by atomic mass is 9.88. The number of benzene rings is 2. The molecule has 3 rings (SSSR count). The molecule has 0 radical (unpaired) electrons. The second kappa shape index (κ2) is 11.3.